The number of carbonyl (C=O) groups is 1. The number of nitrogens with one attached hydrogen (secondary N) is 1. The van der Waals surface area contributed by atoms with E-state index in [1.165, 1.54) is 6.33 Å². The van der Waals surface area contributed by atoms with Gasteiger partial charge in [-0.25, -0.2) is 4.98 Å². The van der Waals surface area contributed by atoms with Crippen molar-refractivity contribution in [3.05, 3.63) is 48.5 Å². The first kappa shape index (κ1) is 15.2. The summed E-state index contributed by atoms with van der Waals surface area (Å²) < 4.78 is 1.70. The van der Waals surface area contributed by atoms with Gasteiger partial charge in [-0.15, -0.1) is 0 Å². The van der Waals surface area contributed by atoms with E-state index < -0.39 is 5.54 Å². The molecule has 1 amide bonds. The van der Waals surface area contributed by atoms with Gasteiger partial charge in [-0.3, -0.25) is 14.8 Å². The number of hydrogen-bond acceptors (Lipinski definition) is 4. The van der Waals surface area contributed by atoms with Gasteiger partial charge in [-0.1, -0.05) is 37.3 Å². The molecule has 0 saturated heterocycles. The Morgan fingerprint density at radius 3 is 2.71 bits per heavy atom. The maximum absolute atomic E-state index is 12.2. The molecule has 1 aromatic carbocycles. The van der Waals surface area contributed by atoms with Crippen LogP contribution in [0.2, 0.25) is 0 Å². The van der Waals surface area contributed by atoms with Gasteiger partial charge in [0, 0.05) is 6.54 Å². The van der Waals surface area contributed by atoms with E-state index in [4.69, 9.17) is 5.73 Å². The predicted octanol–water partition coefficient (Wildman–Crippen LogP) is 1.05. The summed E-state index contributed by atoms with van der Waals surface area (Å²) in [7, 11) is 0. The van der Waals surface area contributed by atoms with E-state index in [0.717, 1.165) is 18.5 Å². The molecule has 0 fully saturated rings. The van der Waals surface area contributed by atoms with Gasteiger partial charge >= 0.3 is 0 Å². The van der Waals surface area contributed by atoms with Gasteiger partial charge < -0.3 is 5.73 Å². The van der Waals surface area contributed by atoms with E-state index in [1.54, 1.807) is 11.0 Å². The van der Waals surface area contributed by atoms with Gasteiger partial charge in [-0.05, 0) is 24.9 Å². The third-order valence-electron chi connectivity index (χ3n) is 3.55. The van der Waals surface area contributed by atoms with Gasteiger partial charge in [0.25, 0.3) is 0 Å². The Morgan fingerprint density at radius 1 is 1.38 bits per heavy atom. The van der Waals surface area contributed by atoms with Crippen molar-refractivity contribution < 1.29 is 4.79 Å². The molecule has 1 heterocycles. The van der Waals surface area contributed by atoms with E-state index >= 15 is 0 Å². The summed E-state index contributed by atoms with van der Waals surface area (Å²) in [5.41, 5.74) is 5.73. The summed E-state index contributed by atoms with van der Waals surface area (Å²) in [5.74, 6) is -0.373. The number of primary amides is 1. The zero-order valence-corrected chi connectivity index (χ0v) is 12.2. The van der Waals surface area contributed by atoms with Crippen LogP contribution >= 0.6 is 0 Å². The quantitative estimate of drug-likeness (QED) is 0.760. The average molecular weight is 287 g/mol. The highest BCUT2D eigenvalue weighted by molar-refractivity contribution is 5.86. The van der Waals surface area contributed by atoms with Gasteiger partial charge in [0.2, 0.25) is 5.91 Å². The lowest BCUT2D eigenvalue weighted by atomic mass is 9.85. The first-order valence-electron chi connectivity index (χ1n) is 7.12. The summed E-state index contributed by atoms with van der Waals surface area (Å²) in [6, 6.07) is 9.60. The van der Waals surface area contributed by atoms with E-state index in [1.807, 2.05) is 30.3 Å². The smallest absolute Gasteiger partial charge is 0.242 e. The van der Waals surface area contributed by atoms with Crippen LogP contribution < -0.4 is 11.1 Å². The Bertz CT molecular complexity index is 555. The lowest BCUT2D eigenvalue weighted by Gasteiger charge is -2.32. The van der Waals surface area contributed by atoms with Crippen LogP contribution in [0.4, 0.5) is 0 Å². The molecular weight excluding hydrogens is 266 g/mol. The first-order chi connectivity index (χ1) is 10.2. The Balaban J connectivity index is 2.28. The monoisotopic (exact) mass is 287 g/mol. The average Bonchev–Trinajstić information content (AvgIpc) is 3.02. The fourth-order valence-electron chi connectivity index (χ4n) is 2.38. The molecule has 2 rings (SSSR count). The number of amides is 1. The fraction of sp³-hybridized carbons (Fsp3) is 0.400. The van der Waals surface area contributed by atoms with Crippen LogP contribution in [0.1, 0.15) is 25.3 Å². The number of rotatable bonds is 8. The predicted molar refractivity (Wildman–Crippen MR) is 80.2 cm³/mol. The second-order valence-corrected chi connectivity index (χ2v) is 4.97. The Kier molecular flexibility index (Phi) is 5.05. The van der Waals surface area contributed by atoms with Crippen molar-refractivity contribution >= 4 is 5.91 Å². The van der Waals surface area contributed by atoms with E-state index in [-0.39, 0.29) is 5.91 Å². The number of aryl methyl sites for hydroxylation is 1. The number of carbonyl (C=O) groups excluding carboxylic acids is 1. The highest BCUT2D eigenvalue weighted by Crippen LogP contribution is 2.25. The molecule has 0 radical (unpaired) electrons. The molecule has 6 nitrogen and oxygen atoms in total. The molecule has 0 aliphatic heterocycles. The van der Waals surface area contributed by atoms with Crippen molar-refractivity contribution in [2.24, 2.45) is 5.73 Å². The molecule has 0 spiro atoms. The molecule has 1 unspecified atom stereocenters. The molecule has 0 saturated carbocycles. The molecule has 2 aromatic rings. The molecule has 21 heavy (non-hydrogen) atoms. The highest BCUT2D eigenvalue weighted by atomic mass is 16.1. The SMILES string of the molecule is CCCNC(CCn1cncn1)(C(N)=O)c1ccccc1. The minimum Gasteiger partial charge on any atom is -0.368 e. The molecular formula is C15H21N5O. The Morgan fingerprint density at radius 2 is 2.14 bits per heavy atom. The van der Waals surface area contributed by atoms with Gasteiger partial charge in [0.05, 0.1) is 0 Å². The number of hydrogen-bond donors (Lipinski definition) is 2. The third kappa shape index (κ3) is 3.46. The Hall–Kier alpha value is -2.21. The standard InChI is InChI=1S/C15H21N5O/c1-2-9-18-15(14(16)21,13-6-4-3-5-7-13)8-10-20-12-17-11-19-20/h3-7,11-12,18H,2,8-10H2,1H3,(H2,16,21). The van der Waals surface area contributed by atoms with E-state index in [0.29, 0.717) is 13.0 Å². The number of nitrogens with zero attached hydrogens (tertiary/aromatic N) is 3. The fourth-order valence-corrected chi connectivity index (χ4v) is 2.38. The first-order valence-corrected chi connectivity index (χ1v) is 7.12. The summed E-state index contributed by atoms with van der Waals surface area (Å²) >= 11 is 0. The molecule has 1 aromatic heterocycles. The maximum Gasteiger partial charge on any atom is 0.242 e. The molecule has 0 aliphatic carbocycles. The zero-order chi connectivity index (χ0) is 15.1. The normalized spacial score (nSPS) is 13.8. The van der Waals surface area contributed by atoms with E-state index in [2.05, 4.69) is 22.3 Å². The molecule has 0 bridgehead atoms. The Labute approximate surface area is 124 Å². The van der Waals surface area contributed by atoms with Crippen LogP contribution in [0.3, 0.4) is 0 Å². The number of benzene rings is 1. The van der Waals surface area contributed by atoms with Gasteiger partial charge in [-0.2, -0.15) is 5.10 Å². The van der Waals surface area contributed by atoms with E-state index in [9.17, 15) is 4.79 Å². The summed E-state index contributed by atoms with van der Waals surface area (Å²) in [6.45, 7) is 3.34. The molecule has 0 aliphatic rings. The largest absolute Gasteiger partial charge is 0.368 e. The summed E-state index contributed by atoms with van der Waals surface area (Å²) in [6.07, 6.45) is 4.56. The lowest BCUT2D eigenvalue weighted by Crippen LogP contribution is -2.53. The molecule has 6 heteroatoms. The third-order valence-corrected chi connectivity index (χ3v) is 3.55. The van der Waals surface area contributed by atoms with Crippen molar-refractivity contribution in [3.8, 4) is 0 Å². The molecule has 1 atom stereocenters. The highest BCUT2D eigenvalue weighted by Gasteiger charge is 2.37. The van der Waals surface area contributed by atoms with Gasteiger partial charge in [0.15, 0.2) is 0 Å². The van der Waals surface area contributed by atoms with Crippen LogP contribution in [0, 0.1) is 0 Å². The van der Waals surface area contributed by atoms with Crippen molar-refractivity contribution in [1.82, 2.24) is 20.1 Å². The lowest BCUT2D eigenvalue weighted by molar-refractivity contribution is -0.125. The molecule has 112 valence electrons. The van der Waals surface area contributed by atoms with Crippen molar-refractivity contribution in [2.45, 2.75) is 31.8 Å². The van der Waals surface area contributed by atoms with Crippen LogP contribution in [-0.4, -0.2) is 27.2 Å². The second kappa shape index (κ2) is 6.99. The van der Waals surface area contributed by atoms with Crippen LogP contribution in [0.25, 0.3) is 0 Å². The second-order valence-electron chi connectivity index (χ2n) is 4.97. The zero-order valence-electron chi connectivity index (χ0n) is 12.2. The summed E-state index contributed by atoms with van der Waals surface area (Å²) in [4.78, 5) is 16.1. The van der Waals surface area contributed by atoms with Gasteiger partial charge in [0.1, 0.15) is 18.2 Å². The number of aromatic nitrogens is 3. The number of nitrogens with two attached hydrogens (primary N) is 1. The van der Waals surface area contributed by atoms with Crippen molar-refractivity contribution in [1.29, 1.82) is 0 Å². The van der Waals surface area contributed by atoms with Crippen LogP contribution in [0.5, 0.6) is 0 Å². The van der Waals surface area contributed by atoms with Crippen molar-refractivity contribution in [3.63, 3.8) is 0 Å². The minimum atomic E-state index is -0.886. The minimum absolute atomic E-state index is 0.373. The maximum atomic E-state index is 12.2. The van der Waals surface area contributed by atoms with Crippen LogP contribution in [0.15, 0.2) is 43.0 Å². The topological polar surface area (TPSA) is 85.8 Å². The summed E-state index contributed by atoms with van der Waals surface area (Å²) in [5, 5.41) is 7.40. The van der Waals surface area contributed by atoms with Crippen LogP contribution in [-0.2, 0) is 16.9 Å². The van der Waals surface area contributed by atoms with Crippen molar-refractivity contribution in [2.75, 3.05) is 6.54 Å². The molecule has 3 N–H and O–H groups in total.